The minimum Gasteiger partial charge on any atom is -0.456 e. The van der Waals surface area contributed by atoms with E-state index in [-0.39, 0.29) is 0 Å². The minimum absolute atomic E-state index is 0.507. The van der Waals surface area contributed by atoms with E-state index < -0.39 is 5.41 Å². The van der Waals surface area contributed by atoms with Gasteiger partial charge in [-0.3, -0.25) is 0 Å². The van der Waals surface area contributed by atoms with Crippen LogP contribution >= 0.6 is 0 Å². The zero-order valence-corrected chi connectivity index (χ0v) is 37.2. The fourth-order valence-electron chi connectivity index (χ4n) is 10.9. The van der Waals surface area contributed by atoms with Gasteiger partial charge in [0.15, 0.2) is 17.5 Å². The molecule has 3 aromatic heterocycles. The number of rotatable bonds is 7. The Kier molecular flexibility index (Phi) is 8.73. The highest BCUT2D eigenvalue weighted by molar-refractivity contribution is 6.13. The first-order valence-electron chi connectivity index (χ1n) is 23.3. The topological polar surface area (TPSA) is 65.0 Å². The van der Waals surface area contributed by atoms with Crippen LogP contribution in [0.15, 0.2) is 245 Å². The van der Waals surface area contributed by atoms with Gasteiger partial charge in [-0.15, -0.1) is 0 Å². The summed E-state index contributed by atoms with van der Waals surface area (Å²) in [5, 5.41) is 3.98. The third-order valence-corrected chi connectivity index (χ3v) is 14.1. The highest BCUT2D eigenvalue weighted by Gasteiger charge is 2.46. The van der Waals surface area contributed by atoms with Gasteiger partial charge in [-0.2, -0.15) is 0 Å². The summed E-state index contributed by atoms with van der Waals surface area (Å²) in [6, 6.07) is 83.5. The largest absolute Gasteiger partial charge is 0.456 e. The molecule has 0 aliphatic heterocycles. The van der Waals surface area contributed by atoms with Gasteiger partial charge >= 0.3 is 0 Å². The number of furan rings is 2. The van der Waals surface area contributed by atoms with E-state index in [1.807, 2.05) is 48.5 Å². The second kappa shape index (κ2) is 15.4. The average molecular weight is 882 g/mol. The zero-order chi connectivity index (χ0) is 45.5. The van der Waals surface area contributed by atoms with Crippen molar-refractivity contribution in [2.45, 2.75) is 5.41 Å². The molecule has 5 heteroatoms. The second-order valence-corrected chi connectivity index (χ2v) is 17.8. The molecule has 0 atom stereocenters. The minimum atomic E-state index is -0.507. The molecule has 1 aliphatic rings. The van der Waals surface area contributed by atoms with Crippen molar-refractivity contribution in [2.75, 3.05) is 0 Å². The highest BCUT2D eigenvalue weighted by Crippen LogP contribution is 2.57. The van der Waals surface area contributed by atoms with Gasteiger partial charge in [0.05, 0.1) is 11.0 Å². The van der Waals surface area contributed by atoms with Crippen LogP contribution in [0.2, 0.25) is 0 Å². The lowest BCUT2D eigenvalue weighted by atomic mass is 9.67. The molecule has 1 aliphatic carbocycles. The van der Waals surface area contributed by atoms with Crippen LogP contribution in [0.25, 0.3) is 111 Å². The van der Waals surface area contributed by atoms with Crippen molar-refractivity contribution in [1.29, 1.82) is 0 Å². The summed E-state index contributed by atoms with van der Waals surface area (Å²) in [5.74, 6) is 1.63. The summed E-state index contributed by atoms with van der Waals surface area (Å²) < 4.78 is 13.2. The Morgan fingerprint density at radius 2 is 0.812 bits per heavy atom. The SMILES string of the molecule is c1ccc(-c2ccc(-c3nc(-c4cccc5c4oc4ccccc45)nc(-c4cccc5oc6ccc(-c7ccc8c(c7)C(c7ccccc7)(c7ccccc7)c7ccccc7-8)cc6c45)n3)cc2)cc1. The second-order valence-electron chi connectivity index (χ2n) is 17.8. The molecule has 13 aromatic rings. The number of fused-ring (bicyclic) bond motifs is 9. The number of para-hydroxylation sites is 2. The van der Waals surface area contributed by atoms with Gasteiger partial charge < -0.3 is 8.83 Å². The van der Waals surface area contributed by atoms with E-state index in [1.54, 1.807) is 0 Å². The fourth-order valence-corrected chi connectivity index (χ4v) is 10.9. The molecule has 10 aromatic carbocycles. The van der Waals surface area contributed by atoms with E-state index in [2.05, 4.69) is 188 Å². The molecular weight excluding hydrogens is 843 g/mol. The summed E-state index contributed by atoms with van der Waals surface area (Å²) in [7, 11) is 0. The van der Waals surface area contributed by atoms with Crippen LogP contribution < -0.4 is 0 Å². The third kappa shape index (κ3) is 6.07. The van der Waals surface area contributed by atoms with Crippen LogP contribution in [0.3, 0.4) is 0 Å². The molecule has 0 bridgehead atoms. The first-order valence-corrected chi connectivity index (χ1v) is 23.3. The zero-order valence-electron chi connectivity index (χ0n) is 37.2. The number of hydrogen-bond donors (Lipinski definition) is 0. The Hall–Kier alpha value is -9.19. The van der Waals surface area contributed by atoms with E-state index in [9.17, 15) is 0 Å². The van der Waals surface area contributed by atoms with E-state index in [0.29, 0.717) is 17.5 Å². The lowest BCUT2D eigenvalue weighted by molar-refractivity contribution is 0.668. The molecule has 0 amide bonds. The van der Waals surface area contributed by atoms with E-state index in [0.717, 1.165) is 82.8 Å². The number of nitrogens with zero attached hydrogens (tertiary/aromatic N) is 3. The Balaban J connectivity index is 0.957. The number of hydrogen-bond acceptors (Lipinski definition) is 5. The van der Waals surface area contributed by atoms with Crippen molar-refractivity contribution < 1.29 is 8.83 Å². The molecule has 0 spiro atoms. The first kappa shape index (κ1) is 39.0. The smallest absolute Gasteiger partial charge is 0.167 e. The first-order chi connectivity index (χ1) is 34.2. The lowest BCUT2D eigenvalue weighted by Gasteiger charge is -2.34. The van der Waals surface area contributed by atoms with Gasteiger partial charge in [0.25, 0.3) is 0 Å². The van der Waals surface area contributed by atoms with Gasteiger partial charge in [-0.05, 0) is 92.0 Å². The molecule has 69 heavy (non-hydrogen) atoms. The van der Waals surface area contributed by atoms with Gasteiger partial charge in [-0.25, -0.2) is 15.0 Å². The summed E-state index contributed by atoms with van der Waals surface area (Å²) in [5.41, 5.74) is 17.1. The van der Waals surface area contributed by atoms with Crippen molar-refractivity contribution in [2.24, 2.45) is 0 Å². The Morgan fingerprint density at radius 1 is 0.290 bits per heavy atom. The van der Waals surface area contributed by atoms with Crippen molar-refractivity contribution in [3.8, 4) is 67.5 Å². The van der Waals surface area contributed by atoms with Gasteiger partial charge in [0.1, 0.15) is 22.3 Å². The quantitative estimate of drug-likeness (QED) is 0.160. The number of aromatic nitrogens is 3. The average Bonchev–Trinajstić information content (AvgIpc) is 4.10. The van der Waals surface area contributed by atoms with E-state index >= 15 is 0 Å². The summed E-state index contributed by atoms with van der Waals surface area (Å²) in [4.78, 5) is 15.8. The van der Waals surface area contributed by atoms with Crippen LogP contribution in [-0.2, 0) is 5.41 Å². The summed E-state index contributed by atoms with van der Waals surface area (Å²) >= 11 is 0. The molecule has 0 saturated heterocycles. The van der Waals surface area contributed by atoms with E-state index in [1.165, 1.54) is 33.4 Å². The van der Waals surface area contributed by atoms with Crippen LogP contribution in [0.4, 0.5) is 0 Å². The monoisotopic (exact) mass is 881 g/mol. The molecule has 0 fully saturated rings. The molecule has 322 valence electrons. The van der Waals surface area contributed by atoms with Crippen molar-refractivity contribution in [1.82, 2.24) is 15.0 Å². The summed E-state index contributed by atoms with van der Waals surface area (Å²) in [6.07, 6.45) is 0. The van der Waals surface area contributed by atoms with Crippen LogP contribution in [0, 0.1) is 0 Å². The third-order valence-electron chi connectivity index (χ3n) is 14.1. The molecule has 0 unspecified atom stereocenters. The standard InChI is InChI=1S/C64H39N3O2/c1-4-16-40(17-5-1)41-30-32-42(33-31-41)61-65-62(67-63(66-61)52-26-14-24-50-49-23-11-13-28-56(49)69-60(50)52)51-25-15-29-58-59(51)53-38-43(35-37-57(53)68-58)44-34-36-48-47-22-10-12-27-54(47)64(55(48)39-44,45-18-6-2-7-19-45)46-20-8-3-9-21-46/h1-39H. The predicted octanol–water partition coefficient (Wildman–Crippen LogP) is 16.4. The van der Waals surface area contributed by atoms with Crippen LogP contribution in [0.1, 0.15) is 22.3 Å². The maximum absolute atomic E-state index is 6.66. The van der Waals surface area contributed by atoms with Gasteiger partial charge in [-0.1, -0.05) is 200 Å². The normalized spacial score (nSPS) is 12.8. The number of benzene rings is 10. The molecule has 3 heterocycles. The van der Waals surface area contributed by atoms with Crippen LogP contribution in [0.5, 0.6) is 0 Å². The molecular formula is C64H39N3O2. The van der Waals surface area contributed by atoms with Gasteiger partial charge in [0.2, 0.25) is 0 Å². The molecule has 0 radical (unpaired) electrons. The highest BCUT2D eigenvalue weighted by atomic mass is 16.3. The van der Waals surface area contributed by atoms with Crippen LogP contribution in [-0.4, -0.2) is 15.0 Å². The summed E-state index contributed by atoms with van der Waals surface area (Å²) in [6.45, 7) is 0. The van der Waals surface area contributed by atoms with Gasteiger partial charge in [0, 0.05) is 32.7 Å². The lowest BCUT2D eigenvalue weighted by Crippen LogP contribution is -2.28. The molecule has 14 rings (SSSR count). The Bertz CT molecular complexity index is 4080. The molecule has 0 saturated carbocycles. The fraction of sp³-hybridized carbons (Fsp3) is 0.0156. The van der Waals surface area contributed by atoms with Crippen molar-refractivity contribution in [3.05, 3.63) is 259 Å². The Labute approximate surface area is 397 Å². The molecule has 5 nitrogen and oxygen atoms in total. The van der Waals surface area contributed by atoms with E-state index in [4.69, 9.17) is 23.8 Å². The predicted molar refractivity (Wildman–Crippen MR) is 279 cm³/mol. The molecule has 0 N–H and O–H groups in total. The Morgan fingerprint density at radius 3 is 1.61 bits per heavy atom. The van der Waals surface area contributed by atoms with Crippen molar-refractivity contribution >= 4 is 43.9 Å². The van der Waals surface area contributed by atoms with Crippen molar-refractivity contribution in [3.63, 3.8) is 0 Å². The maximum atomic E-state index is 6.66. The maximum Gasteiger partial charge on any atom is 0.167 e.